The molecule has 0 saturated heterocycles. The van der Waals surface area contributed by atoms with Crippen LogP contribution < -0.4 is 10.6 Å². The molecule has 19 heavy (non-hydrogen) atoms. The monoisotopic (exact) mass is 256 g/mol. The molecule has 3 N–H and O–H groups in total. The third-order valence-electron chi connectivity index (χ3n) is 3.32. The van der Waals surface area contributed by atoms with E-state index in [1.807, 2.05) is 36.4 Å². The average Bonchev–Trinajstić information content (AvgIpc) is 2.46. The van der Waals surface area contributed by atoms with E-state index in [1.165, 1.54) is 0 Å². The van der Waals surface area contributed by atoms with Crippen LogP contribution in [0.1, 0.15) is 18.5 Å². The van der Waals surface area contributed by atoms with Crippen LogP contribution in [-0.2, 0) is 0 Å². The van der Waals surface area contributed by atoms with Gasteiger partial charge < -0.3 is 15.7 Å². The molecule has 0 saturated carbocycles. The Morgan fingerprint density at radius 3 is 2.26 bits per heavy atom. The van der Waals surface area contributed by atoms with Crippen molar-refractivity contribution in [2.45, 2.75) is 13.0 Å². The van der Waals surface area contributed by atoms with Gasteiger partial charge in [0.15, 0.2) is 0 Å². The van der Waals surface area contributed by atoms with Crippen LogP contribution in [0.2, 0.25) is 0 Å². The first-order chi connectivity index (χ1) is 9.27. The Balaban J connectivity index is 2.38. The maximum atomic E-state index is 10.0. The highest BCUT2D eigenvalue weighted by Crippen LogP contribution is 2.31. The molecule has 0 aliphatic carbocycles. The Labute approximate surface area is 114 Å². The van der Waals surface area contributed by atoms with E-state index in [0.29, 0.717) is 12.3 Å². The van der Waals surface area contributed by atoms with Crippen LogP contribution >= 0.6 is 0 Å². The summed E-state index contributed by atoms with van der Waals surface area (Å²) >= 11 is 0. The summed E-state index contributed by atoms with van der Waals surface area (Å²) in [4.78, 5) is 2.20. The van der Waals surface area contributed by atoms with E-state index in [9.17, 15) is 5.11 Å². The number of hydrogen-bond acceptors (Lipinski definition) is 3. The molecule has 2 aromatic rings. The molecule has 0 spiro atoms. The van der Waals surface area contributed by atoms with Crippen molar-refractivity contribution in [2.75, 3.05) is 18.0 Å². The first kappa shape index (κ1) is 13.4. The molecule has 100 valence electrons. The molecule has 0 aliphatic heterocycles. The normalized spacial score (nSPS) is 12.1. The van der Waals surface area contributed by atoms with Gasteiger partial charge >= 0.3 is 0 Å². The number of nitrogens with zero attached hydrogens (tertiary/aromatic N) is 1. The smallest absolute Gasteiger partial charge is 0.120 e. The van der Waals surface area contributed by atoms with Crippen molar-refractivity contribution in [3.63, 3.8) is 0 Å². The molecule has 2 rings (SSSR count). The van der Waals surface area contributed by atoms with E-state index in [4.69, 9.17) is 5.73 Å². The van der Waals surface area contributed by atoms with Crippen LogP contribution in [0.25, 0.3) is 0 Å². The van der Waals surface area contributed by atoms with Gasteiger partial charge in [0.2, 0.25) is 0 Å². The average molecular weight is 256 g/mol. The molecular weight excluding hydrogens is 236 g/mol. The first-order valence-electron chi connectivity index (χ1n) is 6.57. The Hall–Kier alpha value is -2.00. The van der Waals surface area contributed by atoms with Crippen molar-refractivity contribution in [2.24, 2.45) is 5.73 Å². The summed E-state index contributed by atoms with van der Waals surface area (Å²) in [5.41, 5.74) is 7.92. The number of phenols is 1. The number of likely N-dealkylation sites (N-methyl/N-ethyl adjacent to an activating group) is 1. The SMILES string of the molecule is CCN(c1ccccc1)C(CN)c1ccccc1O. The largest absolute Gasteiger partial charge is 0.508 e. The van der Waals surface area contributed by atoms with Gasteiger partial charge in [-0.3, -0.25) is 0 Å². The van der Waals surface area contributed by atoms with E-state index < -0.39 is 0 Å². The maximum absolute atomic E-state index is 10.0. The number of benzene rings is 2. The summed E-state index contributed by atoms with van der Waals surface area (Å²) < 4.78 is 0. The van der Waals surface area contributed by atoms with Crippen LogP contribution in [-0.4, -0.2) is 18.2 Å². The number of nitrogens with two attached hydrogens (primary N) is 1. The van der Waals surface area contributed by atoms with Crippen molar-refractivity contribution in [3.05, 3.63) is 60.2 Å². The summed E-state index contributed by atoms with van der Waals surface area (Å²) in [6.45, 7) is 3.39. The molecule has 2 aromatic carbocycles. The lowest BCUT2D eigenvalue weighted by Gasteiger charge is -2.32. The fourth-order valence-corrected chi connectivity index (χ4v) is 2.39. The van der Waals surface area contributed by atoms with E-state index in [2.05, 4.69) is 24.0 Å². The summed E-state index contributed by atoms with van der Waals surface area (Å²) in [7, 11) is 0. The van der Waals surface area contributed by atoms with Gasteiger partial charge in [0.1, 0.15) is 5.75 Å². The highest BCUT2D eigenvalue weighted by Gasteiger charge is 2.20. The molecule has 0 aromatic heterocycles. The predicted molar refractivity (Wildman–Crippen MR) is 79.4 cm³/mol. The number of rotatable bonds is 5. The number of phenolic OH excluding ortho intramolecular Hbond substituents is 1. The van der Waals surface area contributed by atoms with Crippen LogP contribution in [0.15, 0.2) is 54.6 Å². The van der Waals surface area contributed by atoms with E-state index in [-0.39, 0.29) is 6.04 Å². The number of anilines is 1. The fourth-order valence-electron chi connectivity index (χ4n) is 2.39. The lowest BCUT2D eigenvalue weighted by molar-refractivity contribution is 0.458. The van der Waals surface area contributed by atoms with E-state index >= 15 is 0 Å². The van der Waals surface area contributed by atoms with Crippen molar-refractivity contribution in [3.8, 4) is 5.75 Å². The topological polar surface area (TPSA) is 49.5 Å². The third kappa shape index (κ3) is 2.88. The standard InChI is InChI=1S/C16H20N2O/c1-2-18(13-8-4-3-5-9-13)15(12-17)14-10-6-7-11-16(14)19/h3-11,15,19H,2,12,17H2,1H3. The molecule has 0 aliphatic rings. The van der Waals surface area contributed by atoms with Gasteiger partial charge in [0.05, 0.1) is 6.04 Å². The van der Waals surface area contributed by atoms with Gasteiger partial charge in [-0.25, -0.2) is 0 Å². The molecule has 0 amide bonds. The number of hydrogen-bond donors (Lipinski definition) is 2. The Kier molecular flexibility index (Phi) is 4.42. The van der Waals surface area contributed by atoms with Crippen LogP contribution in [0.4, 0.5) is 5.69 Å². The zero-order valence-corrected chi connectivity index (χ0v) is 11.2. The van der Waals surface area contributed by atoms with Crippen molar-refractivity contribution < 1.29 is 5.11 Å². The van der Waals surface area contributed by atoms with Gasteiger partial charge in [-0.2, -0.15) is 0 Å². The fraction of sp³-hybridized carbons (Fsp3) is 0.250. The predicted octanol–water partition coefficient (Wildman–Crippen LogP) is 2.92. The minimum Gasteiger partial charge on any atom is -0.508 e. The zero-order chi connectivity index (χ0) is 13.7. The highest BCUT2D eigenvalue weighted by molar-refractivity contribution is 5.50. The van der Waals surface area contributed by atoms with Crippen LogP contribution in [0.5, 0.6) is 5.75 Å². The molecule has 0 heterocycles. The number of aromatic hydroxyl groups is 1. The summed E-state index contributed by atoms with van der Waals surface area (Å²) in [5.74, 6) is 0.298. The highest BCUT2D eigenvalue weighted by atomic mass is 16.3. The summed E-state index contributed by atoms with van der Waals surface area (Å²) in [6, 6.07) is 17.5. The molecular formula is C16H20N2O. The van der Waals surface area contributed by atoms with E-state index in [1.54, 1.807) is 6.07 Å². The van der Waals surface area contributed by atoms with Gasteiger partial charge in [-0.05, 0) is 25.1 Å². The minimum atomic E-state index is -0.0198. The molecule has 0 fully saturated rings. The second kappa shape index (κ2) is 6.25. The maximum Gasteiger partial charge on any atom is 0.120 e. The first-order valence-corrected chi connectivity index (χ1v) is 6.57. The zero-order valence-electron chi connectivity index (χ0n) is 11.2. The molecule has 1 atom stereocenters. The Bertz CT molecular complexity index is 513. The Morgan fingerprint density at radius 2 is 1.68 bits per heavy atom. The second-order valence-corrected chi connectivity index (χ2v) is 4.43. The van der Waals surface area contributed by atoms with Gasteiger partial charge in [0, 0.05) is 24.3 Å². The van der Waals surface area contributed by atoms with Gasteiger partial charge in [-0.1, -0.05) is 36.4 Å². The van der Waals surface area contributed by atoms with Crippen LogP contribution in [0.3, 0.4) is 0 Å². The molecule has 1 unspecified atom stereocenters. The quantitative estimate of drug-likeness (QED) is 0.864. The van der Waals surface area contributed by atoms with Crippen LogP contribution in [0, 0.1) is 0 Å². The summed E-state index contributed by atoms with van der Waals surface area (Å²) in [5, 5.41) is 10.0. The lowest BCUT2D eigenvalue weighted by Crippen LogP contribution is -2.33. The molecule has 3 nitrogen and oxygen atoms in total. The lowest BCUT2D eigenvalue weighted by atomic mass is 10.0. The Morgan fingerprint density at radius 1 is 1.05 bits per heavy atom. The molecule has 0 bridgehead atoms. The molecule has 0 radical (unpaired) electrons. The van der Waals surface area contributed by atoms with E-state index in [0.717, 1.165) is 17.8 Å². The van der Waals surface area contributed by atoms with Crippen molar-refractivity contribution in [1.82, 2.24) is 0 Å². The van der Waals surface area contributed by atoms with Gasteiger partial charge in [-0.15, -0.1) is 0 Å². The summed E-state index contributed by atoms with van der Waals surface area (Å²) in [6.07, 6.45) is 0. The minimum absolute atomic E-state index is 0.0198. The third-order valence-corrected chi connectivity index (χ3v) is 3.32. The molecule has 3 heteroatoms. The van der Waals surface area contributed by atoms with Crippen molar-refractivity contribution in [1.29, 1.82) is 0 Å². The van der Waals surface area contributed by atoms with Crippen molar-refractivity contribution >= 4 is 5.69 Å². The number of para-hydroxylation sites is 2. The van der Waals surface area contributed by atoms with Gasteiger partial charge in [0.25, 0.3) is 0 Å². The second-order valence-electron chi connectivity index (χ2n) is 4.43.